The molecule has 5 rings (SSSR count). The Morgan fingerprint density at radius 1 is 0.971 bits per heavy atom. The van der Waals surface area contributed by atoms with Crippen LogP contribution in [-0.4, -0.2) is 65.6 Å². The van der Waals surface area contributed by atoms with Gasteiger partial charge in [-0.25, -0.2) is 18.6 Å². The first-order valence-corrected chi connectivity index (χ1v) is 12.2. The van der Waals surface area contributed by atoms with Crippen molar-refractivity contribution in [2.45, 2.75) is 11.8 Å². The van der Waals surface area contributed by atoms with Crippen LogP contribution in [0.25, 0.3) is 11.1 Å². The molecule has 3 aromatic rings. The van der Waals surface area contributed by atoms with Gasteiger partial charge in [0.05, 0.1) is 24.1 Å². The van der Waals surface area contributed by atoms with Crippen LogP contribution in [0.1, 0.15) is 6.42 Å². The number of nitrogens with one attached hydrogen (secondary N) is 1. The normalized spacial score (nSPS) is 20.3. The second kappa shape index (κ2) is 9.74. The summed E-state index contributed by atoms with van der Waals surface area (Å²) >= 11 is 0. The number of halogens is 2. The number of aromatic nitrogens is 2. The van der Waals surface area contributed by atoms with Crippen molar-refractivity contribution < 1.29 is 13.6 Å². The van der Waals surface area contributed by atoms with Gasteiger partial charge >= 0.3 is 6.03 Å². The molecule has 10 heteroatoms. The van der Waals surface area contributed by atoms with Crippen LogP contribution in [0, 0.1) is 5.82 Å². The molecule has 2 aromatic heterocycles. The lowest BCUT2D eigenvalue weighted by molar-refractivity contribution is 0.208. The number of alkyl halides is 1. The summed E-state index contributed by atoms with van der Waals surface area (Å²) in [4.78, 5) is 27.7. The maximum absolute atomic E-state index is 14.8. The quantitative estimate of drug-likeness (QED) is 0.543. The first-order valence-electron chi connectivity index (χ1n) is 11.6. The van der Waals surface area contributed by atoms with Crippen molar-refractivity contribution in [2.75, 3.05) is 54.4 Å². The molecule has 0 saturated carbocycles. The molecule has 182 valence electrons. The van der Waals surface area contributed by atoms with Crippen molar-refractivity contribution in [2.24, 2.45) is 0 Å². The molecule has 1 aromatic carbocycles. The van der Waals surface area contributed by atoms with Crippen LogP contribution in [-0.2, 0) is 0 Å². The monoisotopic (exact) mass is 496 g/mol. The summed E-state index contributed by atoms with van der Waals surface area (Å²) in [5.41, 5.74) is 2.27. The third-order valence-electron chi connectivity index (χ3n) is 6.46. The van der Waals surface area contributed by atoms with Gasteiger partial charge in [0.1, 0.15) is 11.2 Å². The van der Waals surface area contributed by atoms with E-state index in [1.807, 2.05) is 18.3 Å². The molecule has 2 unspecified atom stereocenters. The zero-order chi connectivity index (χ0) is 24.4. The molecule has 1 N–H and O–H groups in total. The molecule has 2 aliphatic rings. The highest BCUT2D eigenvalue weighted by atomic mass is 31.0. The van der Waals surface area contributed by atoms with Crippen molar-refractivity contribution in [3.63, 3.8) is 0 Å². The molecular weight excluding hydrogens is 469 g/mol. The van der Waals surface area contributed by atoms with E-state index in [4.69, 9.17) is 0 Å². The highest BCUT2D eigenvalue weighted by Gasteiger charge is 2.36. The number of nitrogens with zero attached hydrogens (tertiary/aromatic N) is 5. The minimum atomic E-state index is -1.43. The predicted octanol–water partition coefficient (Wildman–Crippen LogP) is 4.39. The van der Waals surface area contributed by atoms with E-state index in [1.54, 1.807) is 46.5 Å². The summed E-state index contributed by atoms with van der Waals surface area (Å²) in [6.45, 7) is 2.95. The lowest BCUT2D eigenvalue weighted by atomic mass is 10.0. The Hall–Kier alpha value is -3.32. The van der Waals surface area contributed by atoms with Crippen molar-refractivity contribution in [1.82, 2.24) is 14.9 Å². The first-order chi connectivity index (χ1) is 16.9. The highest BCUT2D eigenvalue weighted by molar-refractivity contribution is 7.18. The zero-order valence-electron chi connectivity index (χ0n) is 19.2. The van der Waals surface area contributed by atoms with Gasteiger partial charge in [-0.15, -0.1) is 0 Å². The van der Waals surface area contributed by atoms with Gasteiger partial charge in [-0.1, -0.05) is 27.4 Å². The number of urea groups is 1. The highest BCUT2D eigenvalue weighted by Crippen LogP contribution is 2.41. The Bertz CT molecular complexity index is 1200. The Morgan fingerprint density at radius 2 is 1.77 bits per heavy atom. The lowest BCUT2D eigenvalue weighted by Crippen LogP contribution is -2.50. The van der Waals surface area contributed by atoms with Crippen molar-refractivity contribution in [1.29, 1.82) is 0 Å². The van der Waals surface area contributed by atoms with Crippen molar-refractivity contribution in [3.8, 4) is 11.1 Å². The number of anilines is 3. The summed E-state index contributed by atoms with van der Waals surface area (Å²) in [7, 11) is 2.25. The lowest BCUT2D eigenvalue weighted by Gasteiger charge is -2.36. The molecule has 2 fully saturated rings. The van der Waals surface area contributed by atoms with E-state index >= 15 is 0 Å². The van der Waals surface area contributed by atoms with Gasteiger partial charge in [0, 0.05) is 62.7 Å². The molecule has 0 aliphatic carbocycles. The molecule has 2 amide bonds. The summed E-state index contributed by atoms with van der Waals surface area (Å²) in [5.74, 6) is 0.0348. The number of carbonyl (C=O) groups excluding carboxylic acids is 1. The minimum absolute atomic E-state index is 0.123. The molecule has 2 saturated heterocycles. The Labute approximate surface area is 205 Å². The SMILES string of the molecule is O=C(Nc1c(-c2ccccc2F)ccnc1N1CCC(F)(P)C1)N1CCN(c2cccnc2)CC1. The van der Waals surface area contributed by atoms with Crippen LogP contribution in [0.2, 0.25) is 0 Å². The first kappa shape index (κ1) is 23.4. The van der Waals surface area contributed by atoms with Gasteiger partial charge in [-0.05, 0) is 24.3 Å². The van der Waals surface area contributed by atoms with E-state index in [-0.39, 0.29) is 12.6 Å². The number of hydrogen-bond donors (Lipinski definition) is 1. The average Bonchev–Trinajstić information content (AvgIpc) is 3.24. The van der Waals surface area contributed by atoms with Gasteiger partial charge < -0.3 is 20.0 Å². The van der Waals surface area contributed by atoms with Crippen LogP contribution in [0.5, 0.6) is 0 Å². The standard InChI is InChI=1S/C25H27F2N6OP/c26-21-6-2-1-5-19(21)20-7-10-29-23(33-11-8-25(27,35)17-33)22(20)30-24(34)32-14-12-31(13-15-32)18-4-3-9-28-16-18/h1-7,9-10,16H,8,11-15,17,35H2,(H,30,34). The fourth-order valence-corrected chi connectivity index (χ4v) is 4.94. The van der Waals surface area contributed by atoms with Gasteiger partial charge in [-0.3, -0.25) is 4.98 Å². The van der Waals surface area contributed by atoms with E-state index in [1.165, 1.54) is 6.07 Å². The summed E-state index contributed by atoms with van der Waals surface area (Å²) < 4.78 is 29.4. The minimum Gasteiger partial charge on any atom is -0.367 e. The Balaban J connectivity index is 1.41. The molecule has 0 radical (unpaired) electrons. The maximum atomic E-state index is 14.8. The number of carbonyl (C=O) groups is 1. The molecule has 0 bridgehead atoms. The topological polar surface area (TPSA) is 64.6 Å². The summed E-state index contributed by atoms with van der Waals surface area (Å²) in [6, 6.07) is 11.7. The molecule has 2 aliphatic heterocycles. The second-order valence-corrected chi connectivity index (χ2v) is 9.89. The number of amides is 2. The fraction of sp³-hybridized carbons (Fsp3) is 0.320. The van der Waals surface area contributed by atoms with Gasteiger partial charge in [-0.2, -0.15) is 0 Å². The molecule has 0 spiro atoms. The molecule has 4 heterocycles. The van der Waals surface area contributed by atoms with E-state index in [9.17, 15) is 13.6 Å². The van der Waals surface area contributed by atoms with Gasteiger partial charge in [0.2, 0.25) is 0 Å². The maximum Gasteiger partial charge on any atom is 0.322 e. The molecular formula is C25H27F2N6OP. The largest absolute Gasteiger partial charge is 0.367 e. The van der Waals surface area contributed by atoms with E-state index in [2.05, 4.69) is 29.4 Å². The molecule has 35 heavy (non-hydrogen) atoms. The van der Waals surface area contributed by atoms with Crippen LogP contribution < -0.4 is 15.1 Å². The summed E-state index contributed by atoms with van der Waals surface area (Å²) in [6.07, 6.45) is 5.44. The zero-order valence-corrected chi connectivity index (χ0v) is 20.4. The smallest absolute Gasteiger partial charge is 0.322 e. The van der Waals surface area contributed by atoms with Crippen molar-refractivity contribution >= 4 is 32.5 Å². The van der Waals surface area contributed by atoms with E-state index in [0.717, 1.165) is 5.69 Å². The average molecular weight is 497 g/mol. The third-order valence-corrected chi connectivity index (χ3v) is 6.93. The fourth-order valence-electron chi connectivity index (χ4n) is 4.59. The van der Waals surface area contributed by atoms with Gasteiger partial charge in [0.25, 0.3) is 0 Å². The number of hydrogen-bond acceptors (Lipinski definition) is 5. The molecule has 7 nitrogen and oxygen atoms in total. The second-order valence-electron chi connectivity index (χ2n) is 8.86. The third kappa shape index (κ3) is 5.05. The Morgan fingerprint density at radius 3 is 2.46 bits per heavy atom. The number of pyridine rings is 2. The summed E-state index contributed by atoms with van der Waals surface area (Å²) in [5, 5.41) is 1.56. The van der Waals surface area contributed by atoms with E-state index < -0.39 is 11.2 Å². The van der Waals surface area contributed by atoms with Crippen LogP contribution in [0.15, 0.2) is 61.1 Å². The van der Waals surface area contributed by atoms with E-state index in [0.29, 0.717) is 61.8 Å². The Kier molecular flexibility index (Phi) is 6.52. The predicted molar refractivity (Wildman–Crippen MR) is 137 cm³/mol. The van der Waals surface area contributed by atoms with Crippen LogP contribution in [0.3, 0.4) is 0 Å². The number of piperazine rings is 1. The van der Waals surface area contributed by atoms with Crippen molar-refractivity contribution in [3.05, 3.63) is 66.9 Å². The number of rotatable bonds is 4. The molecule has 2 atom stereocenters. The van der Waals surface area contributed by atoms with Crippen LogP contribution >= 0.6 is 9.24 Å². The number of benzene rings is 1. The van der Waals surface area contributed by atoms with Crippen LogP contribution in [0.4, 0.5) is 30.8 Å². The van der Waals surface area contributed by atoms with Gasteiger partial charge in [0.15, 0.2) is 5.82 Å².